The second kappa shape index (κ2) is 8.51. The number of carbonyl (C=O) groups excluding carboxylic acids is 3. The van der Waals surface area contributed by atoms with Gasteiger partial charge >= 0.3 is 11.9 Å². The Morgan fingerprint density at radius 2 is 2.05 bits per heavy atom. The number of hydrogen-bond donors (Lipinski definition) is 0. The molecule has 0 fully saturated rings. The lowest BCUT2D eigenvalue weighted by Gasteiger charge is -2.18. The second-order valence-electron chi connectivity index (χ2n) is 5.93. The van der Waals surface area contributed by atoms with E-state index >= 15 is 0 Å². The monoisotopic (exact) mass is 308 g/mol. The first-order valence-electron chi connectivity index (χ1n) is 7.54. The van der Waals surface area contributed by atoms with Crippen LogP contribution in [0.15, 0.2) is 23.3 Å². The van der Waals surface area contributed by atoms with E-state index in [0.29, 0.717) is 6.61 Å². The van der Waals surface area contributed by atoms with Crippen molar-refractivity contribution in [3.63, 3.8) is 0 Å². The van der Waals surface area contributed by atoms with Gasteiger partial charge < -0.3 is 9.47 Å². The predicted octanol–water partition coefficient (Wildman–Crippen LogP) is 2.74. The highest BCUT2D eigenvalue weighted by atomic mass is 16.5. The molecule has 0 N–H and O–H groups in total. The van der Waals surface area contributed by atoms with Gasteiger partial charge in [0.25, 0.3) is 0 Å². The van der Waals surface area contributed by atoms with E-state index in [1.54, 1.807) is 6.08 Å². The standard InChI is InChI=1S/C17H24O5/c1-11(2)17(22-13(4)18)15(19)8-12(3)6-5-7-14-9-16(20)21-10-14/h8-9,11,17H,5-7,10H2,1-4H3/b12-8-. The lowest BCUT2D eigenvalue weighted by molar-refractivity contribution is -0.154. The molecule has 0 amide bonds. The molecule has 0 aliphatic carbocycles. The number of cyclic esters (lactones) is 1. The molecule has 0 aromatic rings. The molecule has 0 saturated carbocycles. The van der Waals surface area contributed by atoms with E-state index in [9.17, 15) is 14.4 Å². The number of carbonyl (C=O) groups is 3. The van der Waals surface area contributed by atoms with Crippen LogP contribution < -0.4 is 0 Å². The molecule has 1 aliphatic rings. The summed E-state index contributed by atoms with van der Waals surface area (Å²) in [6.45, 7) is 7.25. The van der Waals surface area contributed by atoms with Gasteiger partial charge in [0, 0.05) is 13.0 Å². The minimum atomic E-state index is -0.726. The zero-order valence-corrected chi connectivity index (χ0v) is 13.7. The van der Waals surface area contributed by atoms with E-state index in [-0.39, 0.29) is 17.7 Å². The van der Waals surface area contributed by atoms with Crippen LogP contribution in [-0.4, -0.2) is 30.4 Å². The topological polar surface area (TPSA) is 69.7 Å². The highest BCUT2D eigenvalue weighted by Crippen LogP contribution is 2.17. The van der Waals surface area contributed by atoms with Gasteiger partial charge in [-0.1, -0.05) is 19.4 Å². The summed E-state index contributed by atoms with van der Waals surface area (Å²) < 4.78 is 9.91. The molecule has 1 atom stereocenters. The summed E-state index contributed by atoms with van der Waals surface area (Å²) in [5.74, 6) is -0.969. The van der Waals surface area contributed by atoms with Gasteiger partial charge in [-0.25, -0.2) is 4.79 Å². The van der Waals surface area contributed by atoms with Crippen LogP contribution >= 0.6 is 0 Å². The Balaban J connectivity index is 2.48. The molecule has 5 nitrogen and oxygen atoms in total. The third-order valence-electron chi connectivity index (χ3n) is 3.36. The summed E-state index contributed by atoms with van der Waals surface area (Å²) in [4.78, 5) is 34.1. The van der Waals surface area contributed by atoms with Gasteiger partial charge in [0.1, 0.15) is 6.61 Å². The molecule has 0 spiro atoms. The largest absolute Gasteiger partial charge is 0.458 e. The number of hydrogen-bond acceptors (Lipinski definition) is 5. The van der Waals surface area contributed by atoms with Crippen molar-refractivity contribution in [1.29, 1.82) is 0 Å². The zero-order chi connectivity index (χ0) is 16.7. The first-order chi connectivity index (χ1) is 10.3. The van der Waals surface area contributed by atoms with Crippen molar-refractivity contribution < 1.29 is 23.9 Å². The van der Waals surface area contributed by atoms with Gasteiger partial charge in [-0.2, -0.15) is 0 Å². The lowest BCUT2D eigenvalue weighted by Crippen LogP contribution is -2.30. The molecular weight excluding hydrogens is 284 g/mol. The van der Waals surface area contributed by atoms with Gasteiger partial charge in [-0.15, -0.1) is 0 Å². The highest BCUT2D eigenvalue weighted by Gasteiger charge is 2.23. The van der Waals surface area contributed by atoms with E-state index in [0.717, 1.165) is 30.4 Å². The van der Waals surface area contributed by atoms with E-state index < -0.39 is 12.1 Å². The maximum absolute atomic E-state index is 12.2. The summed E-state index contributed by atoms with van der Waals surface area (Å²) in [7, 11) is 0. The summed E-state index contributed by atoms with van der Waals surface area (Å²) in [6.07, 6.45) is 4.73. The Hall–Kier alpha value is -1.91. The van der Waals surface area contributed by atoms with Crippen LogP contribution in [0, 0.1) is 5.92 Å². The van der Waals surface area contributed by atoms with E-state index in [1.807, 2.05) is 20.8 Å². The van der Waals surface area contributed by atoms with Crippen LogP contribution in [0.2, 0.25) is 0 Å². The van der Waals surface area contributed by atoms with Crippen LogP contribution in [0.5, 0.6) is 0 Å². The van der Waals surface area contributed by atoms with E-state index in [1.165, 1.54) is 13.0 Å². The number of ether oxygens (including phenoxy) is 2. The highest BCUT2D eigenvalue weighted by molar-refractivity contribution is 5.95. The second-order valence-corrected chi connectivity index (χ2v) is 5.93. The maximum Gasteiger partial charge on any atom is 0.331 e. The van der Waals surface area contributed by atoms with Gasteiger partial charge in [0.05, 0.1) is 0 Å². The number of esters is 2. The molecule has 0 aromatic carbocycles. The SMILES string of the molecule is CC(=O)OC(C(=O)/C=C(/C)CCCC1=CC(=O)OC1)C(C)C. The Labute approximate surface area is 131 Å². The molecule has 0 saturated heterocycles. The molecule has 122 valence electrons. The average Bonchev–Trinajstić information content (AvgIpc) is 2.81. The molecule has 1 rings (SSSR count). The smallest absolute Gasteiger partial charge is 0.331 e. The van der Waals surface area contributed by atoms with Gasteiger partial charge in [-0.3, -0.25) is 9.59 Å². The normalized spacial score (nSPS) is 16.3. The summed E-state index contributed by atoms with van der Waals surface area (Å²) >= 11 is 0. The van der Waals surface area contributed by atoms with Gasteiger partial charge in [0.15, 0.2) is 11.9 Å². The first-order valence-corrected chi connectivity index (χ1v) is 7.54. The van der Waals surface area contributed by atoms with Crippen molar-refractivity contribution >= 4 is 17.7 Å². The van der Waals surface area contributed by atoms with Crippen LogP contribution in [0.25, 0.3) is 0 Å². The molecule has 5 heteroatoms. The average molecular weight is 308 g/mol. The fraction of sp³-hybridized carbons (Fsp3) is 0.588. The first kappa shape index (κ1) is 18.1. The molecule has 0 radical (unpaired) electrons. The van der Waals surface area contributed by atoms with Crippen molar-refractivity contribution in [2.45, 2.75) is 53.1 Å². The summed E-state index contributed by atoms with van der Waals surface area (Å²) in [6, 6.07) is 0. The molecule has 1 aliphatic heterocycles. The Kier molecular flexibility index (Phi) is 7.02. The Morgan fingerprint density at radius 3 is 2.55 bits per heavy atom. The van der Waals surface area contributed by atoms with Crippen LogP contribution in [0.3, 0.4) is 0 Å². The molecule has 0 bridgehead atoms. The van der Waals surface area contributed by atoms with Crippen LogP contribution in [0.4, 0.5) is 0 Å². The third-order valence-corrected chi connectivity index (χ3v) is 3.36. The zero-order valence-electron chi connectivity index (χ0n) is 13.7. The fourth-order valence-electron chi connectivity index (χ4n) is 2.25. The predicted molar refractivity (Wildman–Crippen MR) is 82.0 cm³/mol. The molecular formula is C17H24O5. The van der Waals surface area contributed by atoms with Crippen molar-refractivity contribution in [2.75, 3.05) is 6.61 Å². The summed E-state index contributed by atoms with van der Waals surface area (Å²) in [5.41, 5.74) is 1.93. The molecule has 1 unspecified atom stereocenters. The maximum atomic E-state index is 12.2. The fourth-order valence-corrected chi connectivity index (χ4v) is 2.25. The number of allylic oxidation sites excluding steroid dienone is 1. The number of rotatable bonds is 8. The third kappa shape index (κ3) is 6.24. The Morgan fingerprint density at radius 1 is 1.36 bits per heavy atom. The van der Waals surface area contributed by atoms with Crippen molar-refractivity contribution in [3.05, 3.63) is 23.3 Å². The molecule has 1 heterocycles. The summed E-state index contributed by atoms with van der Waals surface area (Å²) in [5, 5.41) is 0. The Bertz CT molecular complexity index is 499. The molecule has 0 aromatic heterocycles. The van der Waals surface area contributed by atoms with Crippen molar-refractivity contribution in [2.24, 2.45) is 5.92 Å². The van der Waals surface area contributed by atoms with Crippen LogP contribution in [-0.2, 0) is 23.9 Å². The minimum Gasteiger partial charge on any atom is -0.458 e. The molecule has 22 heavy (non-hydrogen) atoms. The van der Waals surface area contributed by atoms with E-state index in [2.05, 4.69) is 0 Å². The lowest BCUT2D eigenvalue weighted by atomic mass is 9.99. The van der Waals surface area contributed by atoms with Crippen molar-refractivity contribution in [3.8, 4) is 0 Å². The quantitative estimate of drug-likeness (QED) is 0.509. The minimum absolute atomic E-state index is 0.0627. The van der Waals surface area contributed by atoms with Gasteiger partial charge in [0.2, 0.25) is 0 Å². The number of ketones is 1. The van der Waals surface area contributed by atoms with Crippen molar-refractivity contribution in [1.82, 2.24) is 0 Å². The van der Waals surface area contributed by atoms with E-state index in [4.69, 9.17) is 9.47 Å². The van der Waals surface area contributed by atoms with Gasteiger partial charge in [-0.05, 0) is 43.8 Å². The van der Waals surface area contributed by atoms with Crippen LogP contribution in [0.1, 0.15) is 47.0 Å².